The molecule has 1 rings (SSSR count). The van der Waals surface area contributed by atoms with E-state index >= 15 is 0 Å². The van der Waals surface area contributed by atoms with Crippen LogP contribution in [0, 0.1) is 0 Å². The maximum Gasteiger partial charge on any atom is 0.328 e. The van der Waals surface area contributed by atoms with E-state index in [1.54, 1.807) is 6.08 Å². The van der Waals surface area contributed by atoms with Crippen LogP contribution in [0.4, 0.5) is 0 Å². The molecule has 6 nitrogen and oxygen atoms in total. The number of hydrogen-bond donors (Lipinski definition) is 1. The molecule has 0 aromatic heterocycles. The summed E-state index contributed by atoms with van der Waals surface area (Å²) in [6, 6.07) is 0. The fourth-order valence-electron chi connectivity index (χ4n) is 1.93. The number of carbonyl (C=O) groups is 3. The Morgan fingerprint density at radius 2 is 1.95 bits per heavy atom. The van der Waals surface area contributed by atoms with Crippen molar-refractivity contribution in [2.24, 2.45) is 0 Å². The number of ether oxygens (including phenoxy) is 2. The number of allylic oxidation sites excluding steroid dienone is 3. The van der Waals surface area contributed by atoms with Crippen molar-refractivity contribution in [2.75, 3.05) is 7.11 Å². The monoisotopic (exact) mass is 280 g/mol. The van der Waals surface area contributed by atoms with Crippen molar-refractivity contribution in [3.63, 3.8) is 0 Å². The van der Waals surface area contributed by atoms with E-state index in [0.717, 1.165) is 6.08 Å². The summed E-state index contributed by atoms with van der Waals surface area (Å²) < 4.78 is 10.3. The first-order chi connectivity index (χ1) is 9.31. The first-order valence-corrected chi connectivity index (χ1v) is 5.89. The summed E-state index contributed by atoms with van der Waals surface area (Å²) in [4.78, 5) is 33.5. The van der Waals surface area contributed by atoms with Gasteiger partial charge in [-0.15, -0.1) is 0 Å². The van der Waals surface area contributed by atoms with Gasteiger partial charge in [-0.25, -0.2) is 4.79 Å². The molecule has 1 aliphatic carbocycles. The number of aliphatic carboxylic acids is 1. The van der Waals surface area contributed by atoms with Gasteiger partial charge in [-0.2, -0.15) is 0 Å². The number of carboxylic acid groups (broad SMARTS) is 1. The van der Waals surface area contributed by atoms with Crippen LogP contribution in [0.25, 0.3) is 0 Å². The van der Waals surface area contributed by atoms with Crippen molar-refractivity contribution in [3.8, 4) is 0 Å². The normalized spacial score (nSPS) is 22.1. The van der Waals surface area contributed by atoms with E-state index in [4.69, 9.17) is 14.6 Å². The Balaban J connectivity index is 3.19. The lowest BCUT2D eigenvalue weighted by Crippen LogP contribution is -2.44. The van der Waals surface area contributed by atoms with Crippen LogP contribution >= 0.6 is 0 Å². The van der Waals surface area contributed by atoms with Crippen LogP contribution < -0.4 is 0 Å². The topological polar surface area (TPSA) is 89.9 Å². The molecule has 0 radical (unpaired) electrons. The highest BCUT2D eigenvalue weighted by Crippen LogP contribution is 2.35. The third kappa shape index (κ3) is 3.42. The largest absolute Gasteiger partial charge is 0.478 e. The second kappa shape index (κ2) is 6.29. The third-order valence-electron chi connectivity index (χ3n) is 2.91. The minimum absolute atomic E-state index is 0.0989. The highest BCUT2D eigenvalue weighted by molar-refractivity contribution is 5.90. The molecular formula is C14H16O6. The van der Waals surface area contributed by atoms with Crippen molar-refractivity contribution in [2.45, 2.75) is 25.9 Å². The number of esters is 1. The van der Waals surface area contributed by atoms with Crippen LogP contribution in [0.3, 0.4) is 0 Å². The molecule has 0 saturated carbocycles. The second-order valence-electron chi connectivity index (χ2n) is 4.30. The van der Waals surface area contributed by atoms with E-state index in [1.807, 2.05) is 0 Å². The zero-order chi connectivity index (χ0) is 15.3. The van der Waals surface area contributed by atoms with Gasteiger partial charge in [-0.3, -0.25) is 9.59 Å². The summed E-state index contributed by atoms with van der Waals surface area (Å²) >= 11 is 0. The Labute approximate surface area is 116 Å². The molecule has 1 aliphatic rings. The number of rotatable bonds is 5. The summed E-state index contributed by atoms with van der Waals surface area (Å²) in [6.45, 7) is 2.55. The number of ketones is 1. The molecule has 1 N–H and O–H groups in total. The summed E-state index contributed by atoms with van der Waals surface area (Å²) in [5, 5.41) is 8.61. The molecule has 0 fully saturated rings. The number of carbonyl (C=O) groups excluding carboxylic acids is 2. The average molecular weight is 280 g/mol. The zero-order valence-electron chi connectivity index (χ0n) is 11.5. The second-order valence-corrected chi connectivity index (χ2v) is 4.30. The van der Waals surface area contributed by atoms with Gasteiger partial charge in [0.2, 0.25) is 0 Å². The predicted molar refractivity (Wildman–Crippen MR) is 69.7 cm³/mol. The van der Waals surface area contributed by atoms with Crippen LogP contribution in [-0.2, 0) is 23.9 Å². The highest BCUT2D eigenvalue weighted by atomic mass is 16.6. The Kier molecular flexibility index (Phi) is 4.99. The summed E-state index contributed by atoms with van der Waals surface area (Å²) in [7, 11) is 1.34. The van der Waals surface area contributed by atoms with Gasteiger partial charge in [0.25, 0.3) is 0 Å². The van der Waals surface area contributed by atoms with E-state index in [9.17, 15) is 14.4 Å². The first kappa shape index (κ1) is 15.8. The van der Waals surface area contributed by atoms with Crippen LogP contribution in [0.15, 0.2) is 35.6 Å². The van der Waals surface area contributed by atoms with Gasteiger partial charge < -0.3 is 14.6 Å². The number of carboxylic acids is 1. The Hall–Kier alpha value is -2.21. The minimum Gasteiger partial charge on any atom is -0.478 e. The molecule has 6 heteroatoms. The molecule has 108 valence electrons. The number of hydrogen-bond acceptors (Lipinski definition) is 5. The van der Waals surface area contributed by atoms with Gasteiger partial charge in [0, 0.05) is 26.5 Å². The maximum absolute atomic E-state index is 11.9. The van der Waals surface area contributed by atoms with Gasteiger partial charge >= 0.3 is 11.9 Å². The van der Waals surface area contributed by atoms with Crippen LogP contribution in [-0.4, -0.2) is 35.5 Å². The van der Waals surface area contributed by atoms with Crippen LogP contribution in [0.5, 0.6) is 0 Å². The molecule has 0 saturated heterocycles. The Morgan fingerprint density at radius 1 is 1.30 bits per heavy atom. The van der Waals surface area contributed by atoms with E-state index in [-0.39, 0.29) is 18.0 Å². The van der Waals surface area contributed by atoms with Gasteiger partial charge in [-0.1, -0.05) is 12.2 Å². The first-order valence-electron chi connectivity index (χ1n) is 5.89. The lowest BCUT2D eigenvalue weighted by Gasteiger charge is -2.33. The van der Waals surface area contributed by atoms with Crippen LogP contribution in [0.2, 0.25) is 0 Å². The van der Waals surface area contributed by atoms with Crippen LogP contribution in [0.1, 0.15) is 20.3 Å². The molecule has 1 atom stereocenters. The summed E-state index contributed by atoms with van der Waals surface area (Å²) in [5.41, 5.74) is -0.821. The fraction of sp³-hybridized carbons (Fsp3) is 0.357. The standard InChI is InChI=1S/C14H16O6/c1-9(15)14(19-3)8-11(5-7-13(17)18)4-6-12(14)20-10(2)16/h4-7H,8H2,1-3H3,(H,17,18). The number of Topliss-reactive ketones (excluding diaryl/α,β-unsaturated/α-hetero) is 1. The molecule has 20 heavy (non-hydrogen) atoms. The molecule has 0 aromatic carbocycles. The van der Waals surface area contributed by atoms with Crippen molar-refractivity contribution >= 4 is 17.7 Å². The van der Waals surface area contributed by atoms with Gasteiger partial charge in [0.1, 0.15) is 5.76 Å². The highest BCUT2D eigenvalue weighted by Gasteiger charge is 2.43. The Morgan fingerprint density at radius 3 is 2.40 bits per heavy atom. The lowest BCUT2D eigenvalue weighted by molar-refractivity contribution is -0.148. The van der Waals surface area contributed by atoms with Gasteiger partial charge in [-0.05, 0) is 18.6 Å². The molecular weight excluding hydrogens is 264 g/mol. The van der Waals surface area contributed by atoms with Crippen molar-refractivity contribution in [3.05, 3.63) is 35.6 Å². The van der Waals surface area contributed by atoms with E-state index < -0.39 is 17.5 Å². The zero-order valence-corrected chi connectivity index (χ0v) is 11.5. The molecule has 1 unspecified atom stereocenters. The predicted octanol–water partition coefficient (Wildman–Crippen LogP) is 1.38. The van der Waals surface area contributed by atoms with E-state index in [2.05, 4.69) is 0 Å². The Bertz CT molecular complexity index is 526. The van der Waals surface area contributed by atoms with Crippen molar-refractivity contribution in [1.82, 2.24) is 0 Å². The van der Waals surface area contributed by atoms with Gasteiger partial charge in [0.05, 0.1) is 0 Å². The third-order valence-corrected chi connectivity index (χ3v) is 2.91. The average Bonchev–Trinajstić information content (AvgIpc) is 2.36. The molecule has 0 aliphatic heterocycles. The summed E-state index contributed by atoms with van der Waals surface area (Å²) in [5.74, 6) is -1.88. The summed E-state index contributed by atoms with van der Waals surface area (Å²) in [6.07, 6.45) is 5.47. The van der Waals surface area contributed by atoms with Crippen molar-refractivity contribution < 1.29 is 29.0 Å². The van der Waals surface area contributed by atoms with Crippen molar-refractivity contribution in [1.29, 1.82) is 0 Å². The fourth-order valence-corrected chi connectivity index (χ4v) is 1.93. The SMILES string of the molecule is COC1(C(C)=O)CC(C=CC(=O)O)=CC=C1OC(C)=O. The minimum atomic E-state index is -1.40. The lowest BCUT2D eigenvalue weighted by atomic mass is 9.84. The van der Waals surface area contributed by atoms with E-state index in [0.29, 0.717) is 5.57 Å². The molecule has 0 spiro atoms. The van der Waals surface area contributed by atoms with Gasteiger partial charge in [0.15, 0.2) is 11.4 Å². The molecule has 0 heterocycles. The molecule has 0 amide bonds. The maximum atomic E-state index is 11.9. The smallest absolute Gasteiger partial charge is 0.328 e. The molecule has 0 bridgehead atoms. The quantitative estimate of drug-likeness (QED) is 0.604. The molecule has 0 aromatic rings. The number of methoxy groups -OCH3 is 1. The van der Waals surface area contributed by atoms with E-state index in [1.165, 1.54) is 33.1 Å².